The van der Waals surface area contributed by atoms with E-state index in [0.29, 0.717) is 114 Å². The fourth-order valence-corrected chi connectivity index (χ4v) is 11.0. The molecule has 1 saturated carbocycles. The third-order valence-corrected chi connectivity index (χ3v) is 16.2. The topological polar surface area (TPSA) is 270 Å². The second kappa shape index (κ2) is 25.7. The maximum absolute atomic E-state index is 13.7. The van der Waals surface area contributed by atoms with E-state index >= 15 is 0 Å². The zero-order valence-corrected chi connectivity index (χ0v) is 49.2. The number of anilines is 1. The standard InChI is InChI=1S/C62H63ClF2N12O11/c1-38-7-16-50(70-59(82)61(18-19-61)45-14-15-48-49(31-45)88-62(64,65)87-48)69-52(38)41-5-4-6-42(29-41)56(79)66-22-25-77-34-46(71-73-77)35-86-28-27-85-26-17-51(78)67-32-39-8-10-40(11-9-39)55-53-54(72-74(55)2)57(80)76(37-68-53)36-60(83)20-23-75(24-21-60)33-44-13-12-43(30-47(44)63)58(81)84-3/h4-16,29-31,34,37,83H,17-28,32-33,35-36H2,1-3H3,(H,66,79)(H,67,78)(H,69,70,82). The van der Waals surface area contributed by atoms with Gasteiger partial charge in [0, 0.05) is 67.9 Å². The number of hydrogen-bond acceptors (Lipinski definition) is 17. The summed E-state index contributed by atoms with van der Waals surface area (Å²) in [6.07, 6.45) is 1.45. The number of piperidine rings is 1. The molecule has 0 unspecified atom stereocenters. The number of fused-ring (bicyclic) bond motifs is 2. The largest absolute Gasteiger partial charge is 0.586 e. The Balaban J connectivity index is 0.564. The van der Waals surface area contributed by atoms with Crippen molar-refractivity contribution >= 4 is 52.1 Å². The number of methoxy groups -OCH3 is 1. The van der Waals surface area contributed by atoms with Crippen molar-refractivity contribution in [3.8, 4) is 34.0 Å². The molecule has 2 aliphatic heterocycles. The number of carbonyl (C=O) groups excluding carboxylic acids is 4. The van der Waals surface area contributed by atoms with E-state index in [1.54, 1.807) is 71.1 Å². The number of alkyl halides is 2. The number of likely N-dealkylation sites (tertiary alicyclic amines) is 1. The smallest absolute Gasteiger partial charge is 0.465 e. The molecule has 3 aliphatic rings. The normalized spacial score (nSPS) is 15.4. The Bertz CT molecular complexity index is 3990. The highest BCUT2D eigenvalue weighted by molar-refractivity contribution is 6.31. The minimum atomic E-state index is -3.76. The van der Waals surface area contributed by atoms with Crippen LogP contribution >= 0.6 is 11.6 Å². The van der Waals surface area contributed by atoms with E-state index < -0.39 is 23.3 Å². The van der Waals surface area contributed by atoms with Crippen LogP contribution < -0.4 is 31.0 Å². The summed E-state index contributed by atoms with van der Waals surface area (Å²) < 4.78 is 57.2. The van der Waals surface area contributed by atoms with Gasteiger partial charge in [0.1, 0.15) is 17.0 Å². The van der Waals surface area contributed by atoms with Crippen LogP contribution in [0.25, 0.3) is 33.5 Å². The van der Waals surface area contributed by atoms with Gasteiger partial charge < -0.3 is 44.7 Å². The van der Waals surface area contributed by atoms with Crippen molar-refractivity contribution in [2.24, 2.45) is 7.05 Å². The summed E-state index contributed by atoms with van der Waals surface area (Å²) in [5, 5.41) is 33.6. The first-order valence-electron chi connectivity index (χ1n) is 28.6. The minimum Gasteiger partial charge on any atom is -0.465 e. The van der Waals surface area contributed by atoms with Crippen LogP contribution in [0.2, 0.25) is 5.02 Å². The van der Waals surface area contributed by atoms with E-state index in [-0.39, 0.29) is 86.2 Å². The van der Waals surface area contributed by atoms with Gasteiger partial charge in [-0.25, -0.2) is 14.8 Å². The van der Waals surface area contributed by atoms with Crippen molar-refractivity contribution < 1.29 is 56.7 Å². The third-order valence-electron chi connectivity index (χ3n) is 15.8. The molecule has 23 nitrogen and oxygen atoms in total. The lowest BCUT2D eigenvalue weighted by Crippen LogP contribution is -2.47. The van der Waals surface area contributed by atoms with Gasteiger partial charge in [0.05, 0.1) is 87.1 Å². The Hall–Kier alpha value is -9.01. The number of pyridine rings is 1. The zero-order valence-electron chi connectivity index (χ0n) is 48.4. The third kappa shape index (κ3) is 13.9. The number of benzene rings is 4. The second-order valence-electron chi connectivity index (χ2n) is 22.1. The van der Waals surface area contributed by atoms with Gasteiger partial charge in [-0.15, -0.1) is 13.9 Å². The molecule has 11 rings (SSSR count). The van der Waals surface area contributed by atoms with Gasteiger partial charge in [-0.3, -0.25) is 38.0 Å². The molecule has 0 spiro atoms. The number of rotatable bonds is 24. The molecule has 4 aromatic heterocycles. The SMILES string of the molecule is COC(=O)c1ccc(CN2CCC(O)(Cn3cnc4c(-c5ccc(CNC(=O)CCOCCOCc6cn(CCNC(=O)c7cccc(-c8nc(NC(=O)C9(c%10ccc%11c(c%10)OC(F)(F)O%11)CC9)ccc8C)c7)nn6)cc5)n(C)nc4c3=O)CC2)c(Cl)c1. The van der Waals surface area contributed by atoms with Gasteiger partial charge in [-0.1, -0.05) is 71.4 Å². The van der Waals surface area contributed by atoms with Crippen molar-refractivity contribution in [3.63, 3.8) is 0 Å². The van der Waals surface area contributed by atoms with Gasteiger partial charge in [-0.05, 0) is 97.3 Å². The molecule has 0 radical (unpaired) electrons. The number of carbonyl (C=O) groups is 4. The maximum atomic E-state index is 13.7. The number of hydrogen-bond donors (Lipinski definition) is 4. The molecule has 88 heavy (non-hydrogen) atoms. The van der Waals surface area contributed by atoms with Crippen molar-refractivity contribution in [3.05, 3.63) is 164 Å². The van der Waals surface area contributed by atoms with Crippen LogP contribution in [-0.2, 0) is 69.0 Å². The number of esters is 1. The van der Waals surface area contributed by atoms with Crippen molar-refractivity contribution in [2.75, 3.05) is 51.9 Å². The molecule has 4 N–H and O–H groups in total. The molecule has 458 valence electrons. The van der Waals surface area contributed by atoms with Crippen LogP contribution in [-0.4, -0.2) is 131 Å². The summed E-state index contributed by atoms with van der Waals surface area (Å²) in [5.41, 5.74) is 5.32. The van der Waals surface area contributed by atoms with Crippen molar-refractivity contribution in [1.82, 2.24) is 54.8 Å². The summed E-state index contributed by atoms with van der Waals surface area (Å²) in [6.45, 7) is 5.42. The summed E-state index contributed by atoms with van der Waals surface area (Å²) in [6, 6.07) is 27.5. The molecule has 4 aromatic carbocycles. The van der Waals surface area contributed by atoms with Crippen LogP contribution in [0, 0.1) is 6.92 Å². The Kier molecular flexibility index (Phi) is 17.8. The molecular weight excluding hydrogens is 1160 g/mol. The molecule has 0 bridgehead atoms. The Morgan fingerprint density at radius 3 is 2.40 bits per heavy atom. The van der Waals surface area contributed by atoms with Crippen molar-refractivity contribution in [2.45, 2.75) is 89.1 Å². The zero-order chi connectivity index (χ0) is 61.7. The molecule has 1 saturated heterocycles. The number of ether oxygens (including phenoxy) is 5. The summed E-state index contributed by atoms with van der Waals surface area (Å²) in [4.78, 5) is 76.7. The molecule has 2 fully saturated rings. The number of nitrogens with zero attached hydrogens (tertiary/aromatic N) is 9. The monoisotopic (exact) mass is 1220 g/mol. The fraction of sp³-hybridized carbons (Fsp3) is 0.355. The average Bonchev–Trinajstić information content (AvgIpc) is 1.65. The first kappa shape index (κ1) is 60.7. The van der Waals surface area contributed by atoms with Gasteiger partial charge in [0.2, 0.25) is 11.8 Å². The van der Waals surface area contributed by atoms with Crippen LogP contribution in [0.4, 0.5) is 14.6 Å². The van der Waals surface area contributed by atoms with Gasteiger partial charge >= 0.3 is 12.3 Å². The predicted octanol–water partition coefficient (Wildman–Crippen LogP) is 6.89. The molecule has 0 atom stereocenters. The lowest BCUT2D eigenvalue weighted by atomic mass is 9.91. The molecular formula is C62H63ClF2N12O11. The fourth-order valence-electron chi connectivity index (χ4n) is 10.8. The lowest BCUT2D eigenvalue weighted by molar-refractivity contribution is -0.286. The minimum absolute atomic E-state index is 0.0622. The molecule has 8 aromatic rings. The number of aliphatic hydroxyl groups is 1. The van der Waals surface area contributed by atoms with Crippen LogP contribution in [0.5, 0.6) is 11.5 Å². The van der Waals surface area contributed by atoms with E-state index in [2.05, 4.69) is 50.7 Å². The number of aromatic nitrogens is 8. The van der Waals surface area contributed by atoms with E-state index in [1.165, 1.54) is 30.1 Å². The first-order chi connectivity index (χ1) is 42.3. The predicted molar refractivity (Wildman–Crippen MR) is 316 cm³/mol. The summed E-state index contributed by atoms with van der Waals surface area (Å²) >= 11 is 6.47. The highest BCUT2D eigenvalue weighted by Gasteiger charge is 2.53. The van der Waals surface area contributed by atoms with Gasteiger partial charge in [0.15, 0.2) is 17.0 Å². The van der Waals surface area contributed by atoms with Crippen molar-refractivity contribution in [1.29, 1.82) is 0 Å². The van der Waals surface area contributed by atoms with E-state index in [4.69, 9.17) is 30.8 Å². The number of aryl methyl sites for hydroxylation is 2. The first-order valence-corrected chi connectivity index (χ1v) is 28.9. The van der Waals surface area contributed by atoms with Gasteiger partial charge in [-0.2, -0.15) is 5.10 Å². The molecule has 3 amide bonds. The number of amides is 3. The number of halogens is 3. The van der Waals surface area contributed by atoms with Crippen LogP contribution in [0.15, 0.2) is 114 Å². The summed E-state index contributed by atoms with van der Waals surface area (Å²) in [5.74, 6) is -1.20. The van der Waals surface area contributed by atoms with E-state index in [1.807, 2.05) is 43.3 Å². The number of nitrogens with one attached hydrogen (secondary N) is 3. The van der Waals surface area contributed by atoms with Gasteiger partial charge in [0.25, 0.3) is 11.5 Å². The van der Waals surface area contributed by atoms with Crippen LogP contribution in [0.3, 0.4) is 0 Å². The average molecular weight is 1230 g/mol. The Labute approximate surface area is 507 Å². The highest BCUT2D eigenvalue weighted by atomic mass is 35.5. The second-order valence-corrected chi connectivity index (χ2v) is 22.5. The molecule has 26 heteroatoms. The van der Waals surface area contributed by atoms with E-state index in [0.717, 1.165) is 22.3 Å². The Morgan fingerprint density at radius 1 is 0.841 bits per heavy atom. The summed E-state index contributed by atoms with van der Waals surface area (Å²) in [7, 11) is 3.06. The van der Waals surface area contributed by atoms with Crippen LogP contribution in [0.1, 0.15) is 80.8 Å². The highest BCUT2D eigenvalue weighted by Crippen LogP contribution is 2.52. The molecule has 1 aliphatic carbocycles. The van der Waals surface area contributed by atoms with E-state index in [9.17, 15) is 37.9 Å². The maximum Gasteiger partial charge on any atom is 0.586 e. The lowest BCUT2D eigenvalue weighted by Gasteiger charge is -2.38. The Morgan fingerprint density at radius 2 is 1.62 bits per heavy atom. The molecule has 6 heterocycles. The quantitative estimate of drug-likeness (QED) is 0.0354.